The maximum Gasteiger partial charge on any atom is 0.0796 e. The largest absolute Gasteiger partial charge is 0.660 e. The van der Waals surface area contributed by atoms with E-state index in [1.54, 1.807) is 0 Å². The monoisotopic (exact) mass is 398 g/mol. The van der Waals surface area contributed by atoms with Gasteiger partial charge in [0.25, 0.3) is 0 Å². The quantitative estimate of drug-likeness (QED) is 0.659. The predicted octanol–water partition coefficient (Wildman–Crippen LogP) is 5.26. The van der Waals surface area contributed by atoms with E-state index in [-0.39, 0.29) is 34.1 Å². The number of alkyl halides is 1. The summed E-state index contributed by atoms with van der Waals surface area (Å²) in [6.45, 7) is 10.8. The number of halogens is 1. The van der Waals surface area contributed by atoms with E-state index in [1.165, 1.54) is 0 Å². The van der Waals surface area contributed by atoms with Gasteiger partial charge in [-0.15, -0.1) is 23.2 Å². The topological polar surface area (TPSA) is 57.7 Å². The number of aliphatic hydroxyl groups is 1. The third-order valence-corrected chi connectivity index (χ3v) is 9.11. The average Bonchev–Trinajstić information content (AvgIpc) is 2.57. The first-order valence-corrected chi connectivity index (χ1v) is 11.1. The molecule has 0 aromatic rings. The summed E-state index contributed by atoms with van der Waals surface area (Å²) in [4.78, 5) is 0. The maximum atomic E-state index is 11.2. The van der Waals surface area contributed by atoms with Crippen molar-refractivity contribution in [2.45, 2.75) is 107 Å². The molecule has 0 spiro atoms. The van der Waals surface area contributed by atoms with Crippen LogP contribution in [0.4, 0.5) is 0 Å². The van der Waals surface area contributed by atoms with Crippen molar-refractivity contribution in [1.82, 2.24) is 0 Å². The molecule has 2 saturated carbocycles. The van der Waals surface area contributed by atoms with Crippen LogP contribution in [0.3, 0.4) is 0 Å². The molecule has 1 saturated heterocycles. The highest BCUT2D eigenvalue weighted by atomic mass is 35.5. The second-order valence-corrected chi connectivity index (χ2v) is 11.1. The number of nitrogens with zero attached hydrogens (tertiary/aromatic N) is 2. The number of likely N-dealkylation sites (N-methyl/N-ethyl adjacent to an activating group) is 1. The summed E-state index contributed by atoms with van der Waals surface area (Å²) in [6, 6.07) is -0.0695. The Labute approximate surface area is 171 Å². The van der Waals surface area contributed by atoms with E-state index < -0.39 is 5.60 Å². The Kier molecular flexibility index (Phi) is 5.76. The molecule has 5 heteroatoms. The van der Waals surface area contributed by atoms with Gasteiger partial charge in [0, 0.05) is 5.60 Å². The molecule has 4 nitrogen and oxygen atoms in total. The first-order chi connectivity index (χ1) is 12.4. The molecule has 0 unspecified atom stereocenters. The van der Waals surface area contributed by atoms with Gasteiger partial charge in [-0.25, -0.2) is 0 Å². The molecule has 1 aliphatic heterocycles. The van der Waals surface area contributed by atoms with E-state index in [0.29, 0.717) is 11.8 Å². The number of hydrogen-bond acceptors (Lipinski definition) is 2. The normalized spacial score (nSPS) is 53.0. The fourth-order valence-corrected chi connectivity index (χ4v) is 6.81. The van der Waals surface area contributed by atoms with Crippen LogP contribution in [0.25, 0.3) is 10.6 Å². The Morgan fingerprint density at radius 1 is 0.926 bits per heavy atom. The van der Waals surface area contributed by atoms with E-state index in [1.807, 2.05) is 21.0 Å². The first-order valence-electron chi connectivity index (χ1n) is 10.7. The molecular weight excluding hydrogens is 360 g/mol. The Morgan fingerprint density at radius 3 is 2.11 bits per heavy atom. The van der Waals surface area contributed by atoms with Crippen LogP contribution in [-0.4, -0.2) is 53.0 Å². The van der Waals surface area contributed by atoms with E-state index in [4.69, 9.17) is 27.0 Å². The lowest BCUT2D eigenvalue weighted by Crippen LogP contribution is -2.64. The molecule has 0 aromatic carbocycles. The number of fused-ring (bicyclic) bond motifs is 1. The van der Waals surface area contributed by atoms with Crippen LogP contribution >= 0.6 is 11.6 Å². The van der Waals surface area contributed by atoms with Gasteiger partial charge in [0.05, 0.1) is 16.6 Å². The summed E-state index contributed by atoms with van der Waals surface area (Å²) in [6.07, 6.45) is 5.89. The Balaban J connectivity index is 2.00. The highest BCUT2D eigenvalue weighted by Crippen LogP contribution is 2.59. The molecule has 0 aromatic heterocycles. The van der Waals surface area contributed by atoms with Crippen molar-refractivity contribution in [1.29, 1.82) is 0 Å². The van der Waals surface area contributed by atoms with Gasteiger partial charge in [0.1, 0.15) is 0 Å². The van der Waals surface area contributed by atoms with Gasteiger partial charge in [-0.05, 0) is 71.6 Å². The molecule has 1 heterocycles. The van der Waals surface area contributed by atoms with Gasteiger partial charge in [0.15, 0.2) is 0 Å². The second-order valence-electron chi connectivity index (χ2n) is 10.5. The van der Waals surface area contributed by atoms with Gasteiger partial charge < -0.3 is 20.5 Å². The Hall–Kier alpha value is 0.130. The lowest BCUT2D eigenvalue weighted by atomic mass is 9.50. The van der Waals surface area contributed by atoms with Gasteiger partial charge in [-0.3, -0.25) is 0 Å². The maximum absolute atomic E-state index is 11.2. The van der Waals surface area contributed by atoms with Crippen molar-refractivity contribution >= 4 is 11.6 Å². The van der Waals surface area contributed by atoms with Crippen molar-refractivity contribution in [3.8, 4) is 0 Å². The molecule has 158 valence electrons. The molecular formula is C22H39ClN2O2-2. The van der Waals surface area contributed by atoms with Crippen LogP contribution in [0, 0.1) is 17.8 Å². The molecule has 0 radical (unpaired) electrons. The van der Waals surface area contributed by atoms with Crippen LogP contribution in [0.5, 0.6) is 0 Å². The highest BCUT2D eigenvalue weighted by Gasteiger charge is 2.56. The first kappa shape index (κ1) is 21.8. The zero-order chi connectivity index (χ0) is 20.3. The van der Waals surface area contributed by atoms with Crippen molar-refractivity contribution in [3.05, 3.63) is 10.6 Å². The molecule has 0 bridgehead atoms. The lowest BCUT2D eigenvalue weighted by Gasteiger charge is -2.68. The minimum atomic E-state index is -0.754. The van der Waals surface area contributed by atoms with Crippen molar-refractivity contribution in [2.75, 3.05) is 14.1 Å². The van der Waals surface area contributed by atoms with E-state index >= 15 is 0 Å². The Morgan fingerprint density at radius 2 is 1.56 bits per heavy atom. The van der Waals surface area contributed by atoms with Crippen molar-refractivity contribution in [3.63, 3.8) is 0 Å². The van der Waals surface area contributed by atoms with Gasteiger partial charge >= 0.3 is 0 Å². The summed E-state index contributed by atoms with van der Waals surface area (Å²) in [5.74, 6) is 1.09. The minimum absolute atomic E-state index is 0.0316. The zero-order valence-electron chi connectivity index (χ0n) is 18.3. The van der Waals surface area contributed by atoms with Crippen molar-refractivity contribution < 1.29 is 9.84 Å². The highest BCUT2D eigenvalue weighted by molar-refractivity contribution is 6.21. The standard InChI is InChI=1S/C22H39ClN2O2/c1-19(2)16(23)10-13-22(5,27-19)15-8-11-20(3,25-7)14-9-12-21(4,26)18(24-6)17(14)15/h14-18,26H,8-13H2,1-7H3/q-2/t14-,15-,16-,17-,18+,20+,21+,22+/m0/s1. The SMILES string of the molecule is C[N-][C@@H]1[C@H]2[C@H](CC[C@@]1(C)O)[C@](C)([N-]C)CC[C@@H]2[C@@]1(C)CC[C@H](Cl)C(C)(C)O1. The molecule has 0 amide bonds. The lowest BCUT2D eigenvalue weighted by molar-refractivity contribution is -0.217. The molecule has 3 fully saturated rings. The summed E-state index contributed by atoms with van der Waals surface area (Å²) in [5, 5.41) is 20.8. The third kappa shape index (κ3) is 3.59. The minimum Gasteiger partial charge on any atom is -0.660 e. The molecule has 27 heavy (non-hydrogen) atoms. The fraction of sp³-hybridized carbons (Fsp3) is 1.00. The van der Waals surface area contributed by atoms with Crippen LogP contribution in [0.1, 0.15) is 73.1 Å². The zero-order valence-corrected chi connectivity index (χ0v) is 19.0. The molecule has 3 rings (SSSR count). The van der Waals surface area contributed by atoms with Crippen LogP contribution in [-0.2, 0) is 4.74 Å². The molecule has 2 aliphatic carbocycles. The molecule has 1 N–H and O–H groups in total. The van der Waals surface area contributed by atoms with E-state index in [9.17, 15) is 5.11 Å². The number of hydrogen-bond donors (Lipinski definition) is 1. The van der Waals surface area contributed by atoms with Crippen molar-refractivity contribution in [2.24, 2.45) is 17.8 Å². The summed E-state index contributed by atoms with van der Waals surface area (Å²) >= 11 is 6.58. The van der Waals surface area contributed by atoms with Crippen LogP contribution in [0.15, 0.2) is 0 Å². The average molecular weight is 399 g/mol. The smallest absolute Gasteiger partial charge is 0.0796 e. The Bertz CT molecular complexity index is 554. The van der Waals surface area contributed by atoms with Crippen LogP contribution in [0.2, 0.25) is 0 Å². The summed E-state index contributed by atoms with van der Waals surface area (Å²) in [7, 11) is 3.83. The fourth-order valence-electron chi connectivity index (χ4n) is 6.65. The summed E-state index contributed by atoms with van der Waals surface area (Å²) in [5.41, 5.74) is -1.36. The predicted molar refractivity (Wildman–Crippen MR) is 113 cm³/mol. The number of ether oxygens (including phenoxy) is 1. The van der Waals surface area contributed by atoms with Gasteiger partial charge in [0.2, 0.25) is 0 Å². The van der Waals surface area contributed by atoms with E-state index in [2.05, 4.69) is 27.7 Å². The van der Waals surface area contributed by atoms with Crippen LogP contribution < -0.4 is 0 Å². The van der Waals surface area contributed by atoms with E-state index in [0.717, 1.165) is 38.5 Å². The van der Waals surface area contributed by atoms with Gasteiger partial charge in [-0.1, -0.05) is 19.3 Å². The molecule has 8 atom stereocenters. The number of rotatable bonds is 3. The second kappa shape index (κ2) is 7.12. The third-order valence-electron chi connectivity index (χ3n) is 8.37. The van der Waals surface area contributed by atoms with Gasteiger partial charge in [-0.2, -0.15) is 14.1 Å². The molecule has 3 aliphatic rings. The summed E-state index contributed by atoms with van der Waals surface area (Å²) < 4.78 is 6.74.